The third kappa shape index (κ3) is 1.46. The van der Waals surface area contributed by atoms with Crippen molar-refractivity contribution in [2.45, 2.75) is 19.9 Å². The SMILES string of the molecule is C[C]1CNC(C)CO1. The lowest BCUT2D eigenvalue weighted by molar-refractivity contribution is 0.0919. The van der Waals surface area contributed by atoms with Gasteiger partial charge in [-0.2, -0.15) is 0 Å². The first-order valence-electron chi connectivity index (χ1n) is 2.97. The van der Waals surface area contributed by atoms with E-state index in [0.717, 1.165) is 19.3 Å². The fraction of sp³-hybridized carbons (Fsp3) is 0.833. The van der Waals surface area contributed by atoms with Crippen LogP contribution in [0.2, 0.25) is 0 Å². The first-order valence-corrected chi connectivity index (χ1v) is 2.97. The average molecular weight is 114 g/mol. The smallest absolute Gasteiger partial charge is 0.108 e. The molecule has 0 bridgehead atoms. The lowest BCUT2D eigenvalue weighted by Crippen LogP contribution is -2.39. The second-order valence-corrected chi connectivity index (χ2v) is 2.29. The van der Waals surface area contributed by atoms with Crippen LogP contribution in [0.5, 0.6) is 0 Å². The molecule has 1 atom stereocenters. The van der Waals surface area contributed by atoms with E-state index in [1.807, 2.05) is 6.92 Å². The highest BCUT2D eigenvalue weighted by Gasteiger charge is 2.13. The zero-order valence-corrected chi connectivity index (χ0v) is 5.40. The summed E-state index contributed by atoms with van der Waals surface area (Å²) in [6.45, 7) is 5.86. The molecule has 1 unspecified atom stereocenters. The summed E-state index contributed by atoms with van der Waals surface area (Å²) in [7, 11) is 0. The van der Waals surface area contributed by atoms with Gasteiger partial charge in [0.05, 0.1) is 6.61 Å². The number of nitrogens with one attached hydrogen (secondary N) is 1. The van der Waals surface area contributed by atoms with Gasteiger partial charge < -0.3 is 10.1 Å². The molecule has 1 aliphatic rings. The van der Waals surface area contributed by atoms with Gasteiger partial charge in [0.1, 0.15) is 6.10 Å². The van der Waals surface area contributed by atoms with Gasteiger partial charge in [0, 0.05) is 12.6 Å². The van der Waals surface area contributed by atoms with Crippen LogP contribution in [0.1, 0.15) is 13.8 Å². The molecule has 1 fully saturated rings. The summed E-state index contributed by atoms with van der Waals surface area (Å²) in [6.07, 6.45) is 1.10. The van der Waals surface area contributed by atoms with E-state index in [2.05, 4.69) is 12.2 Å². The minimum atomic E-state index is 0.527. The van der Waals surface area contributed by atoms with Gasteiger partial charge in [-0.05, 0) is 13.8 Å². The molecule has 0 aromatic carbocycles. The largest absolute Gasteiger partial charge is 0.369 e. The Morgan fingerprint density at radius 1 is 1.75 bits per heavy atom. The van der Waals surface area contributed by atoms with Crippen molar-refractivity contribution in [3.63, 3.8) is 0 Å². The average Bonchev–Trinajstić information content (AvgIpc) is 1.77. The van der Waals surface area contributed by atoms with E-state index in [4.69, 9.17) is 4.74 Å². The van der Waals surface area contributed by atoms with E-state index in [-0.39, 0.29) is 0 Å². The summed E-state index contributed by atoms with van der Waals surface area (Å²) in [5.41, 5.74) is 0. The van der Waals surface area contributed by atoms with Gasteiger partial charge >= 0.3 is 0 Å². The molecule has 1 rings (SSSR count). The Kier molecular flexibility index (Phi) is 1.86. The third-order valence-electron chi connectivity index (χ3n) is 1.28. The quantitative estimate of drug-likeness (QED) is 0.496. The molecule has 1 radical (unpaired) electrons. The molecule has 1 aliphatic heterocycles. The molecule has 8 heavy (non-hydrogen) atoms. The van der Waals surface area contributed by atoms with Crippen LogP contribution in [0.15, 0.2) is 0 Å². The highest BCUT2D eigenvalue weighted by atomic mass is 16.5. The minimum Gasteiger partial charge on any atom is -0.369 e. The number of hydrogen-bond acceptors (Lipinski definition) is 2. The summed E-state index contributed by atoms with van der Waals surface area (Å²) in [6, 6.07) is 0.527. The summed E-state index contributed by atoms with van der Waals surface area (Å²) in [4.78, 5) is 0. The van der Waals surface area contributed by atoms with E-state index in [0.29, 0.717) is 6.04 Å². The lowest BCUT2D eigenvalue weighted by atomic mass is 10.3. The van der Waals surface area contributed by atoms with Gasteiger partial charge in [-0.1, -0.05) is 0 Å². The van der Waals surface area contributed by atoms with Gasteiger partial charge in [-0.25, -0.2) is 0 Å². The molecule has 0 spiro atoms. The molecule has 0 aromatic heterocycles. The van der Waals surface area contributed by atoms with Gasteiger partial charge in [0.25, 0.3) is 0 Å². The second kappa shape index (κ2) is 2.46. The van der Waals surface area contributed by atoms with Gasteiger partial charge in [-0.3, -0.25) is 0 Å². The van der Waals surface area contributed by atoms with E-state index in [1.165, 1.54) is 0 Å². The van der Waals surface area contributed by atoms with Crippen LogP contribution in [0.3, 0.4) is 0 Å². The molecule has 1 N–H and O–H groups in total. The van der Waals surface area contributed by atoms with Crippen LogP contribution in [-0.2, 0) is 4.74 Å². The fourth-order valence-electron chi connectivity index (χ4n) is 0.695. The summed E-state index contributed by atoms with van der Waals surface area (Å²) >= 11 is 0. The molecule has 0 amide bonds. The van der Waals surface area contributed by atoms with Crippen LogP contribution in [0, 0.1) is 6.10 Å². The fourth-order valence-corrected chi connectivity index (χ4v) is 0.695. The molecule has 2 heteroatoms. The maximum atomic E-state index is 5.24. The summed E-state index contributed by atoms with van der Waals surface area (Å²) in [5.74, 6) is 0. The number of ether oxygens (including phenoxy) is 1. The molecule has 0 saturated carbocycles. The zero-order valence-electron chi connectivity index (χ0n) is 5.40. The monoisotopic (exact) mass is 114 g/mol. The zero-order chi connectivity index (χ0) is 5.98. The van der Waals surface area contributed by atoms with Crippen molar-refractivity contribution in [3.8, 4) is 0 Å². The molecule has 47 valence electrons. The molecule has 0 aliphatic carbocycles. The predicted octanol–water partition coefficient (Wildman–Crippen LogP) is 0.547. The van der Waals surface area contributed by atoms with Crippen molar-refractivity contribution in [1.82, 2.24) is 5.32 Å². The van der Waals surface area contributed by atoms with E-state index in [9.17, 15) is 0 Å². The minimum absolute atomic E-state index is 0.527. The van der Waals surface area contributed by atoms with Crippen molar-refractivity contribution >= 4 is 0 Å². The van der Waals surface area contributed by atoms with Crippen molar-refractivity contribution in [2.75, 3.05) is 13.2 Å². The Hall–Kier alpha value is -0.0800. The predicted molar refractivity (Wildman–Crippen MR) is 32.3 cm³/mol. The lowest BCUT2D eigenvalue weighted by Gasteiger charge is -2.24. The van der Waals surface area contributed by atoms with Crippen molar-refractivity contribution < 1.29 is 4.74 Å². The molecule has 1 saturated heterocycles. The molecule has 2 nitrogen and oxygen atoms in total. The molecule has 1 heterocycles. The Morgan fingerprint density at radius 2 is 2.50 bits per heavy atom. The van der Waals surface area contributed by atoms with Crippen molar-refractivity contribution in [2.24, 2.45) is 0 Å². The number of morpholine rings is 1. The van der Waals surface area contributed by atoms with Crippen LogP contribution >= 0.6 is 0 Å². The summed E-state index contributed by atoms with van der Waals surface area (Å²) in [5, 5.41) is 3.27. The highest BCUT2D eigenvalue weighted by Crippen LogP contribution is 2.04. The van der Waals surface area contributed by atoms with Crippen molar-refractivity contribution in [3.05, 3.63) is 6.10 Å². The normalized spacial score (nSPS) is 33.0. The van der Waals surface area contributed by atoms with E-state index in [1.54, 1.807) is 0 Å². The highest BCUT2D eigenvalue weighted by molar-refractivity contribution is 4.81. The van der Waals surface area contributed by atoms with Crippen LogP contribution in [0.25, 0.3) is 0 Å². The topological polar surface area (TPSA) is 21.3 Å². The number of hydrogen-bond donors (Lipinski definition) is 1. The molecule has 0 aromatic rings. The van der Waals surface area contributed by atoms with E-state index >= 15 is 0 Å². The van der Waals surface area contributed by atoms with Gasteiger partial charge in [0.2, 0.25) is 0 Å². The third-order valence-corrected chi connectivity index (χ3v) is 1.28. The van der Waals surface area contributed by atoms with Crippen molar-refractivity contribution in [1.29, 1.82) is 0 Å². The second-order valence-electron chi connectivity index (χ2n) is 2.29. The Bertz CT molecular complexity index is 56.9. The van der Waals surface area contributed by atoms with Crippen LogP contribution in [0.4, 0.5) is 0 Å². The maximum Gasteiger partial charge on any atom is 0.108 e. The Morgan fingerprint density at radius 3 is 2.88 bits per heavy atom. The summed E-state index contributed by atoms with van der Waals surface area (Å²) < 4.78 is 5.24. The Balaban J connectivity index is 2.19. The van der Waals surface area contributed by atoms with Gasteiger partial charge in [-0.15, -0.1) is 0 Å². The maximum absolute atomic E-state index is 5.24. The van der Waals surface area contributed by atoms with Gasteiger partial charge in [0.15, 0.2) is 0 Å². The Labute approximate surface area is 50.2 Å². The standard InChI is InChI=1S/C6H12NO/c1-5-4-8-6(2)3-7-5/h5,7H,3-4H2,1-2H3. The van der Waals surface area contributed by atoms with Crippen LogP contribution in [-0.4, -0.2) is 19.2 Å². The number of rotatable bonds is 0. The first kappa shape index (κ1) is 6.05. The first-order chi connectivity index (χ1) is 3.79. The van der Waals surface area contributed by atoms with Crippen LogP contribution < -0.4 is 5.32 Å². The molecular weight excluding hydrogens is 102 g/mol. The van der Waals surface area contributed by atoms with E-state index < -0.39 is 0 Å². The molecular formula is C6H12NO.